The van der Waals surface area contributed by atoms with Gasteiger partial charge in [0, 0.05) is 0 Å². The van der Waals surface area contributed by atoms with Crippen LogP contribution in [-0.2, 0) is 4.79 Å². The molecule has 2 N–H and O–H groups in total. The Labute approximate surface area is 136 Å². The average Bonchev–Trinajstić information content (AvgIpc) is 3.00. The van der Waals surface area contributed by atoms with Crippen molar-refractivity contribution in [2.75, 3.05) is 7.11 Å². The van der Waals surface area contributed by atoms with Gasteiger partial charge in [-0.05, 0) is 36.8 Å². The summed E-state index contributed by atoms with van der Waals surface area (Å²) < 4.78 is 5.94. The molecule has 0 aliphatic carbocycles. The van der Waals surface area contributed by atoms with Crippen molar-refractivity contribution in [3.63, 3.8) is 0 Å². The Kier molecular flexibility index (Phi) is 5.09. The second-order valence-electron chi connectivity index (χ2n) is 4.76. The number of phenols is 1. The standard InChI is InChI=1S/C14H15N5O5/c1-9(18-8-12(19(22)23)14(17-18)24-2)13(21)16-15-7-10-3-5-11(20)6-4-10/h3-9,20H,1-2H3,(H,16,21)/t9-/m1/s1. The molecule has 1 heterocycles. The third-order valence-electron chi connectivity index (χ3n) is 3.13. The van der Waals surface area contributed by atoms with Gasteiger partial charge in [-0.15, -0.1) is 5.10 Å². The molecule has 2 aromatic rings. The molecule has 0 spiro atoms. The van der Waals surface area contributed by atoms with Crippen LogP contribution in [0.4, 0.5) is 5.69 Å². The fourth-order valence-electron chi connectivity index (χ4n) is 1.78. The molecule has 10 heteroatoms. The monoisotopic (exact) mass is 333 g/mol. The third-order valence-corrected chi connectivity index (χ3v) is 3.13. The number of nitro groups is 1. The number of carbonyl (C=O) groups excluding carboxylic acids is 1. The first kappa shape index (κ1) is 16.9. The highest BCUT2D eigenvalue weighted by molar-refractivity contribution is 5.84. The third kappa shape index (κ3) is 3.85. The van der Waals surface area contributed by atoms with E-state index >= 15 is 0 Å². The molecule has 0 saturated carbocycles. The van der Waals surface area contributed by atoms with Crippen LogP contribution in [0.5, 0.6) is 11.6 Å². The Bertz CT molecular complexity index is 768. The number of amides is 1. The van der Waals surface area contributed by atoms with E-state index in [9.17, 15) is 20.0 Å². The summed E-state index contributed by atoms with van der Waals surface area (Å²) in [5, 5.41) is 27.7. The van der Waals surface area contributed by atoms with Crippen molar-refractivity contribution >= 4 is 17.8 Å². The SMILES string of the molecule is COc1nn([C@H](C)C(=O)NN=Cc2ccc(O)cc2)cc1[N+](=O)[O-]. The van der Waals surface area contributed by atoms with Crippen LogP contribution in [0.1, 0.15) is 18.5 Å². The summed E-state index contributed by atoms with van der Waals surface area (Å²) in [5.74, 6) is -0.559. The summed E-state index contributed by atoms with van der Waals surface area (Å²) in [6.07, 6.45) is 2.52. The molecule has 0 aliphatic heterocycles. The van der Waals surface area contributed by atoms with E-state index in [1.165, 1.54) is 32.4 Å². The molecule has 10 nitrogen and oxygen atoms in total. The summed E-state index contributed by atoms with van der Waals surface area (Å²) >= 11 is 0. The molecule has 1 aromatic carbocycles. The highest BCUT2D eigenvalue weighted by Gasteiger charge is 2.25. The number of nitrogens with zero attached hydrogens (tertiary/aromatic N) is 4. The predicted molar refractivity (Wildman–Crippen MR) is 84.0 cm³/mol. The average molecular weight is 333 g/mol. The molecule has 126 valence electrons. The van der Waals surface area contributed by atoms with Crippen molar-refractivity contribution in [2.24, 2.45) is 5.10 Å². The zero-order valence-corrected chi connectivity index (χ0v) is 12.9. The molecule has 1 atom stereocenters. The lowest BCUT2D eigenvalue weighted by atomic mass is 10.2. The highest BCUT2D eigenvalue weighted by atomic mass is 16.6. The Morgan fingerprint density at radius 3 is 2.71 bits per heavy atom. The van der Waals surface area contributed by atoms with Crippen molar-refractivity contribution in [3.05, 3.63) is 46.1 Å². The van der Waals surface area contributed by atoms with Gasteiger partial charge in [0.25, 0.3) is 5.91 Å². The van der Waals surface area contributed by atoms with Crippen molar-refractivity contribution in [1.29, 1.82) is 0 Å². The number of hydrogen-bond acceptors (Lipinski definition) is 7. The fourth-order valence-corrected chi connectivity index (χ4v) is 1.78. The summed E-state index contributed by atoms with van der Waals surface area (Å²) in [6.45, 7) is 1.52. The smallest absolute Gasteiger partial charge is 0.350 e. The van der Waals surface area contributed by atoms with Crippen LogP contribution in [-0.4, -0.2) is 39.0 Å². The van der Waals surface area contributed by atoms with E-state index in [0.717, 1.165) is 10.9 Å². The number of aromatic nitrogens is 2. The van der Waals surface area contributed by atoms with E-state index < -0.39 is 16.9 Å². The molecule has 0 fully saturated rings. The second kappa shape index (κ2) is 7.22. The van der Waals surface area contributed by atoms with Gasteiger partial charge in [-0.1, -0.05) is 0 Å². The molecule has 0 radical (unpaired) electrons. The molecule has 2 rings (SSSR count). The van der Waals surface area contributed by atoms with Gasteiger partial charge in [-0.2, -0.15) is 5.10 Å². The lowest BCUT2D eigenvalue weighted by Gasteiger charge is -2.09. The van der Waals surface area contributed by atoms with Crippen molar-refractivity contribution in [3.8, 4) is 11.6 Å². The first-order chi connectivity index (χ1) is 11.4. The first-order valence-corrected chi connectivity index (χ1v) is 6.82. The zero-order valence-electron chi connectivity index (χ0n) is 12.9. The lowest BCUT2D eigenvalue weighted by molar-refractivity contribution is -0.385. The van der Waals surface area contributed by atoms with E-state index in [0.29, 0.717) is 5.56 Å². The van der Waals surface area contributed by atoms with Gasteiger partial charge >= 0.3 is 11.6 Å². The van der Waals surface area contributed by atoms with Gasteiger partial charge in [0.15, 0.2) is 0 Å². The molecule has 24 heavy (non-hydrogen) atoms. The van der Waals surface area contributed by atoms with E-state index in [4.69, 9.17) is 4.74 Å². The fraction of sp³-hybridized carbons (Fsp3) is 0.214. The number of ether oxygens (including phenoxy) is 1. The molecular formula is C14H15N5O5. The predicted octanol–water partition coefficient (Wildman–Crippen LogP) is 1.22. The minimum absolute atomic E-state index is 0.124. The highest BCUT2D eigenvalue weighted by Crippen LogP contribution is 2.25. The Balaban J connectivity index is 2.04. The lowest BCUT2D eigenvalue weighted by Crippen LogP contribution is -2.27. The minimum Gasteiger partial charge on any atom is -0.508 e. The van der Waals surface area contributed by atoms with Crippen LogP contribution in [0.3, 0.4) is 0 Å². The van der Waals surface area contributed by atoms with Gasteiger partial charge in [0.1, 0.15) is 18.0 Å². The topological polar surface area (TPSA) is 132 Å². The van der Waals surface area contributed by atoms with E-state index in [2.05, 4.69) is 15.6 Å². The number of nitrogens with one attached hydrogen (secondary N) is 1. The van der Waals surface area contributed by atoms with Gasteiger partial charge < -0.3 is 9.84 Å². The van der Waals surface area contributed by atoms with Gasteiger partial charge in [0.05, 0.1) is 18.2 Å². The van der Waals surface area contributed by atoms with Crippen molar-refractivity contribution in [2.45, 2.75) is 13.0 Å². The number of hydrazone groups is 1. The van der Waals surface area contributed by atoms with Crippen LogP contribution in [0.2, 0.25) is 0 Å². The normalized spacial score (nSPS) is 12.1. The van der Waals surface area contributed by atoms with Crippen LogP contribution in [0.15, 0.2) is 35.6 Å². The quantitative estimate of drug-likeness (QED) is 0.464. The van der Waals surface area contributed by atoms with E-state index in [1.54, 1.807) is 12.1 Å². The van der Waals surface area contributed by atoms with Crippen LogP contribution in [0, 0.1) is 10.1 Å². The maximum Gasteiger partial charge on any atom is 0.350 e. The first-order valence-electron chi connectivity index (χ1n) is 6.82. The van der Waals surface area contributed by atoms with Crippen molar-refractivity contribution in [1.82, 2.24) is 15.2 Å². The van der Waals surface area contributed by atoms with Gasteiger partial charge in [0.2, 0.25) is 0 Å². The number of aromatic hydroxyl groups is 1. The summed E-state index contributed by atoms with van der Waals surface area (Å²) in [5.41, 5.74) is 2.67. The summed E-state index contributed by atoms with van der Waals surface area (Å²) in [6, 6.07) is 5.39. The number of phenolic OH excluding ortho intramolecular Hbond substituents is 1. The van der Waals surface area contributed by atoms with Gasteiger partial charge in [-0.25, -0.2) is 10.1 Å². The van der Waals surface area contributed by atoms with Gasteiger partial charge in [-0.3, -0.25) is 14.9 Å². The van der Waals surface area contributed by atoms with Crippen LogP contribution in [0.25, 0.3) is 0 Å². The number of benzene rings is 1. The summed E-state index contributed by atoms with van der Waals surface area (Å²) in [7, 11) is 1.26. The number of hydrogen-bond donors (Lipinski definition) is 2. The second-order valence-corrected chi connectivity index (χ2v) is 4.76. The maximum absolute atomic E-state index is 12.0. The van der Waals surface area contributed by atoms with E-state index in [-0.39, 0.29) is 17.3 Å². The molecule has 1 amide bonds. The number of carbonyl (C=O) groups is 1. The zero-order chi connectivity index (χ0) is 17.7. The van der Waals surface area contributed by atoms with Crippen LogP contribution < -0.4 is 10.2 Å². The molecule has 1 aromatic heterocycles. The van der Waals surface area contributed by atoms with E-state index in [1.807, 2.05) is 0 Å². The number of rotatable bonds is 6. The molecule has 0 unspecified atom stereocenters. The minimum atomic E-state index is -0.829. The maximum atomic E-state index is 12.0. The number of methoxy groups -OCH3 is 1. The Morgan fingerprint density at radius 2 is 2.17 bits per heavy atom. The largest absolute Gasteiger partial charge is 0.508 e. The van der Waals surface area contributed by atoms with Crippen LogP contribution >= 0.6 is 0 Å². The van der Waals surface area contributed by atoms with Crippen molar-refractivity contribution < 1.29 is 19.6 Å². The Morgan fingerprint density at radius 1 is 1.50 bits per heavy atom. The Hall–Kier alpha value is -3.43. The molecule has 0 saturated heterocycles. The summed E-state index contributed by atoms with van der Waals surface area (Å²) in [4.78, 5) is 22.3. The molecular weight excluding hydrogens is 318 g/mol. The molecule has 0 bridgehead atoms. The molecule has 0 aliphatic rings.